The summed E-state index contributed by atoms with van der Waals surface area (Å²) in [5, 5.41) is 10.8. The molecule has 1 aliphatic heterocycles. The predicted octanol–water partition coefficient (Wildman–Crippen LogP) is 5.04. The van der Waals surface area contributed by atoms with Crippen LogP contribution in [-0.2, 0) is 14.3 Å². The maximum Gasteiger partial charge on any atom is 0.327 e. The molecule has 3 amide bonds. The summed E-state index contributed by atoms with van der Waals surface area (Å²) >= 11 is 0. The highest BCUT2D eigenvalue weighted by Gasteiger charge is 2.49. The minimum Gasteiger partial charge on any atom is -0.469 e. The van der Waals surface area contributed by atoms with Crippen molar-refractivity contribution in [2.24, 2.45) is 0 Å². The van der Waals surface area contributed by atoms with E-state index in [-0.39, 0.29) is 17.9 Å². The first-order valence-corrected chi connectivity index (χ1v) is 12.4. The molecule has 0 radical (unpaired) electrons. The second-order valence-corrected chi connectivity index (χ2v) is 10.4. The maximum absolute atomic E-state index is 13.1. The predicted molar refractivity (Wildman–Crippen MR) is 126 cm³/mol. The van der Waals surface area contributed by atoms with Crippen LogP contribution in [0.2, 0.25) is 0 Å². The van der Waals surface area contributed by atoms with Gasteiger partial charge in [0.2, 0.25) is 0 Å². The number of urea groups is 1. The van der Waals surface area contributed by atoms with E-state index < -0.39 is 17.2 Å². The quantitative estimate of drug-likeness (QED) is 0.213. The SMILES string of the molecule is CCCCCCC(C)(O)CCN1C(=O)N(C(C)(C)C)C(=O)C1CCCCCCC(=O)OC. The lowest BCUT2D eigenvalue weighted by Gasteiger charge is -2.30. The number of imide groups is 1. The average Bonchev–Trinajstić information content (AvgIpc) is 2.95. The molecule has 1 fully saturated rings. The van der Waals surface area contributed by atoms with E-state index in [0.717, 1.165) is 51.4 Å². The van der Waals surface area contributed by atoms with E-state index in [2.05, 4.69) is 11.7 Å². The number of carbonyl (C=O) groups is 3. The van der Waals surface area contributed by atoms with Crippen LogP contribution in [0, 0.1) is 0 Å². The zero-order chi connectivity index (χ0) is 24.4. The highest BCUT2D eigenvalue weighted by atomic mass is 16.5. The molecule has 32 heavy (non-hydrogen) atoms. The minimum atomic E-state index is -0.843. The van der Waals surface area contributed by atoms with E-state index in [1.54, 1.807) is 4.90 Å². The Morgan fingerprint density at radius 1 is 0.969 bits per heavy atom. The van der Waals surface area contributed by atoms with Crippen LogP contribution < -0.4 is 0 Å². The van der Waals surface area contributed by atoms with Crippen LogP contribution in [0.4, 0.5) is 4.79 Å². The fraction of sp³-hybridized carbons (Fsp3) is 0.880. The van der Waals surface area contributed by atoms with Gasteiger partial charge in [0.25, 0.3) is 5.91 Å². The molecule has 1 heterocycles. The summed E-state index contributed by atoms with van der Waals surface area (Å²) in [4.78, 5) is 40.5. The highest BCUT2D eigenvalue weighted by Crippen LogP contribution is 2.30. The lowest BCUT2D eigenvalue weighted by molar-refractivity contribution is -0.140. The lowest BCUT2D eigenvalue weighted by atomic mass is 9.94. The fourth-order valence-electron chi connectivity index (χ4n) is 4.27. The first-order chi connectivity index (χ1) is 14.9. The summed E-state index contributed by atoms with van der Waals surface area (Å²) < 4.78 is 4.66. The third-order valence-electron chi connectivity index (χ3n) is 6.29. The zero-order valence-electron chi connectivity index (χ0n) is 21.2. The topological polar surface area (TPSA) is 87.2 Å². The van der Waals surface area contributed by atoms with E-state index in [1.807, 2.05) is 27.7 Å². The van der Waals surface area contributed by atoms with Gasteiger partial charge in [-0.15, -0.1) is 0 Å². The number of nitrogens with zero attached hydrogens (tertiary/aromatic N) is 2. The number of unbranched alkanes of at least 4 members (excludes halogenated alkanes) is 6. The van der Waals surface area contributed by atoms with E-state index in [1.165, 1.54) is 12.0 Å². The van der Waals surface area contributed by atoms with Crippen LogP contribution in [0.3, 0.4) is 0 Å². The van der Waals surface area contributed by atoms with Gasteiger partial charge < -0.3 is 14.7 Å². The van der Waals surface area contributed by atoms with Crippen molar-refractivity contribution >= 4 is 17.9 Å². The van der Waals surface area contributed by atoms with Gasteiger partial charge in [-0.25, -0.2) is 4.79 Å². The van der Waals surface area contributed by atoms with Gasteiger partial charge in [-0.2, -0.15) is 0 Å². The molecule has 0 aromatic heterocycles. The van der Waals surface area contributed by atoms with Crippen molar-refractivity contribution in [1.82, 2.24) is 9.80 Å². The molecule has 0 aliphatic carbocycles. The van der Waals surface area contributed by atoms with Gasteiger partial charge in [0.15, 0.2) is 0 Å². The van der Waals surface area contributed by atoms with Crippen molar-refractivity contribution in [1.29, 1.82) is 0 Å². The van der Waals surface area contributed by atoms with Gasteiger partial charge in [-0.1, -0.05) is 51.9 Å². The molecule has 186 valence electrons. The van der Waals surface area contributed by atoms with Crippen molar-refractivity contribution in [3.05, 3.63) is 0 Å². The molecular weight excluding hydrogens is 408 g/mol. The molecular formula is C25H46N2O5. The summed E-state index contributed by atoms with van der Waals surface area (Å²) in [7, 11) is 1.39. The molecule has 1 N–H and O–H groups in total. The average molecular weight is 455 g/mol. The first-order valence-electron chi connectivity index (χ1n) is 12.4. The Kier molecular flexibility index (Phi) is 11.7. The van der Waals surface area contributed by atoms with Crippen LogP contribution in [0.25, 0.3) is 0 Å². The van der Waals surface area contributed by atoms with E-state index in [9.17, 15) is 19.5 Å². The number of hydrogen-bond acceptors (Lipinski definition) is 5. The monoisotopic (exact) mass is 454 g/mol. The Morgan fingerprint density at radius 3 is 2.19 bits per heavy atom. The summed E-state index contributed by atoms with van der Waals surface area (Å²) in [6, 6.07) is -0.724. The number of ether oxygens (including phenoxy) is 1. The van der Waals surface area contributed by atoms with Crippen LogP contribution in [-0.4, -0.2) is 63.7 Å². The number of esters is 1. The third-order valence-corrected chi connectivity index (χ3v) is 6.29. The summed E-state index contributed by atoms with van der Waals surface area (Å²) in [6.45, 7) is 10.00. The van der Waals surface area contributed by atoms with Gasteiger partial charge in [0.1, 0.15) is 6.04 Å². The molecule has 2 unspecified atom stereocenters. The number of carbonyl (C=O) groups excluding carboxylic acids is 3. The third kappa shape index (κ3) is 9.08. The smallest absolute Gasteiger partial charge is 0.327 e. The lowest BCUT2D eigenvalue weighted by Crippen LogP contribution is -2.46. The van der Waals surface area contributed by atoms with Gasteiger partial charge >= 0.3 is 12.0 Å². The Labute approximate surface area is 194 Å². The molecule has 0 aromatic rings. The summed E-state index contributed by atoms with van der Waals surface area (Å²) in [5.41, 5.74) is -1.42. The molecule has 0 spiro atoms. The normalized spacial score (nSPS) is 18.9. The standard InChI is InChI=1S/C25H46N2O5/c1-7-8-9-14-17-25(5,31)18-19-26-20(15-12-10-11-13-16-21(28)32-6)22(29)27(23(26)30)24(2,3)4/h20,31H,7-19H2,1-6H3. The fourth-order valence-corrected chi connectivity index (χ4v) is 4.27. The number of methoxy groups -OCH3 is 1. The summed E-state index contributed by atoms with van der Waals surface area (Å²) in [5.74, 6) is -0.338. The minimum absolute atomic E-state index is 0.139. The van der Waals surface area contributed by atoms with Crippen LogP contribution in [0.15, 0.2) is 0 Å². The molecule has 7 heteroatoms. The van der Waals surface area contributed by atoms with Crippen LogP contribution in [0.1, 0.15) is 112 Å². The van der Waals surface area contributed by atoms with Crippen LogP contribution in [0.5, 0.6) is 0 Å². The van der Waals surface area contributed by atoms with Crippen molar-refractivity contribution < 1.29 is 24.2 Å². The number of rotatable bonds is 15. The summed E-state index contributed by atoms with van der Waals surface area (Å²) in [6.07, 6.45) is 9.94. The van der Waals surface area contributed by atoms with E-state index in [4.69, 9.17) is 0 Å². The Hall–Kier alpha value is -1.63. The molecule has 0 aromatic carbocycles. The van der Waals surface area contributed by atoms with E-state index in [0.29, 0.717) is 32.2 Å². The Bertz CT molecular complexity index is 612. The Balaban J connectivity index is 2.69. The van der Waals surface area contributed by atoms with E-state index >= 15 is 0 Å². The number of hydrogen-bond donors (Lipinski definition) is 1. The molecule has 2 atom stereocenters. The molecule has 1 saturated heterocycles. The highest BCUT2D eigenvalue weighted by molar-refractivity contribution is 6.04. The molecule has 0 saturated carbocycles. The molecule has 1 rings (SSSR count). The van der Waals surface area contributed by atoms with Crippen molar-refractivity contribution in [3.8, 4) is 0 Å². The van der Waals surface area contributed by atoms with Crippen molar-refractivity contribution in [2.75, 3.05) is 13.7 Å². The maximum atomic E-state index is 13.1. The molecule has 1 aliphatic rings. The van der Waals surface area contributed by atoms with Crippen molar-refractivity contribution in [2.45, 2.75) is 129 Å². The van der Waals surface area contributed by atoms with Gasteiger partial charge in [-0.3, -0.25) is 14.5 Å². The van der Waals surface area contributed by atoms with Gasteiger partial charge in [0, 0.05) is 18.5 Å². The zero-order valence-corrected chi connectivity index (χ0v) is 21.2. The van der Waals surface area contributed by atoms with Crippen molar-refractivity contribution in [3.63, 3.8) is 0 Å². The van der Waals surface area contributed by atoms with Gasteiger partial charge in [-0.05, 0) is 53.4 Å². The first kappa shape index (κ1) is 28.4. The molecule has 0 bridgehead atoms. The Morgan fingerprint density at radius 2 is 1.59 bits per heavy atom. The largest absolute Gasteiger partial charge is 0.469 e. The van der Waals surface area contributed by atoms with Gasteiger partial charge in [0.05, 0.1) is 12.7 Å². The molecule has 7 nitrogen and oxygen atoms in total. The van der Waals surface area contributed by atoms with Crippen LogP contribution >= 0.6 is 0 Å². The second-order valence-electron chi connectivity index (χ2n) is 10.4. The number of aliphatic hydroxyl groups is 1. The number of amides is 3. The second kappa shape index (κ2) is 13.2.